The van der Waals surface area contributed by atoms with E-state index in [1.807, 2.05) is 18.5 Å². The van der Waals surface area contributed by atoms with E-state index in [2.05, 4.69) is 48.4 Å². The van der Waals surface area contributed by atoms with E-state index >= 15 is 0 Å². The first-order valence-electron chi connectivity index (χ1n) is 10.9. The van der Waals surface area contributed by atoms with Crippen molar-refractivity contribution in [3.63, 3.8) is 0 Å². The van der Waals surface area contributed by atoms with Crippen molar-refractivity contribution in [2.45, 2.75) is 65.8 Å². The molecular formula is C24H30N4OS. The summed E-state index contributed by atoms with van der Waals surface area (Å²) in [6.07, 6.45) is 4.92. The van der Waals surface area contributed by atoms with Gasteiger partial charge in [-0.3, -0.25) is 4.79 Å². The molecule has 30 heavy (non-hydrogen) atoms. The fraction of sp³-hybridized carbons (Fsp3) is 0.458. The quantitative estimate of drug-likeness (QED) is 0.564. The van der Waals surface area contributed by atoms with E-state index in [1.165, 1.54) is 12.0 Å². The lowest BCUT2D eigenvalue weighted by Crippen LogP contribution is -2.44. The van der Waals surface area contributed by atoms with Gasteiger partial charge in [-0.05, 0) is 46.5 Å². The van der Waals surface area contributed by atoms with Crippen molar-refractivity contribution in [1.82, 2.24) is 19.7 Å². The van der Waals surface area contributed by atoms with Crippen molar-refractivity contribution in [2.24, 2.45) is 0 Å². The molecule has 1 atom stereocenters. The fourth-order valence-electron chi connectivity index (χ4n) is 4.34. The molecule has 0 radical (unpaired) electrons. The first-order chi connectivity index (χ1) is 14.5. The summed E-state index contributed by atoms with van der Waals surface area (Å²) in [4.78, 5) is 20.0. The number of hydrogen-bond acceptors (Lipinski definition) is 4. The number of carbonyl (C=O) groups is 1. The molecule has 1 aromatic carbocycles. The topological polar surface area (TPSA) is 51.0 Å². The molecule has 6 heteroatoms. The summed E-state index contributed by atoms with van der Waals surface area (Å²) in [5.41, 5.74) is 6.26. The highest BCUT2D eigenvalue weighted by atomic mass is 32.1. The van der Waals surface area contributed by atoms with E-state index in [9.17, 15) is 4.79 Å². The standard InChI is InChI=1S/C24H30N4OS/c1-5-20-8-6-7-13-27(20)23(29)14-21-17(3)26-28(18(21)4)24-25-22(15-30-24)19-11-9-16(2)10-12-19/h9-12,15,20H,5-8,13-14H2,1-4H3/t20-/m1/s1. The van der Waals surface area contributed by atoms with E-state index in [-0.39, 0.29) is 5.91 Å². The molecule has 0 aliphatic carbocycles. The molecule has 0 unspecified atom stereocenters. The van der Waals surface area contributed by atoms with Crippen LogP contribution in [0.2, 0.25) is 0 Å². The van der Waals surface area contributed by atoms with Gasteiger partial charge in [0.1, 0.15) is 0 Å². The average Bonchev–Trinajstić information content (AvgIpc) is 3.34. The van der Waals surface area contributed by atoms with E-state index in [0.29, 0.717) is 12.5 Å². The van der Waals surface area contributed by atoms with Crippen LogP contribution in [0.3, 0.4) is 0 Å². The third-order valence-corrected chi connectivity index (χ3v) is 7.02. The van der Waals surface area contributed by atoms with Crippen LogP contribution < -0.4 is 0 Å². The summed E-state index contributed by atoms with van der Waals surface area (Å²) in [5, 5.41) is 7.64. The predicted octanol–water partition coefficient (Wildman–Crippen LogP) is 5.25. The summed E-state index contributed by atoms with van der Waals surface area (Å²) in [5.74, 6) is 0.229. The molecule has 0 spiro atoms. The number of aromatic nitrogens is 3. The maximum absolute atomic E-state index is 13.1. The Hall–Kier alpha value is -2.47. The van der Waals surface area contributed by atoms with Crippen molar-refractivity contribution >= 4 is 17.2 Å². The van der Waals surface area contributed by atoms with Gasteiger partial charge in [0.05, 0.1) is 17.8 Å². The smallest absolute Gasteiger partial charge is 0.227 e. The average molecular weight is 423 g/mol. The van der Waals surface area contributed by atoms with Gasteiger partial charge in [-0.1, -0.05) is 36.8 Å². The molecule has 1 fully saturated rings. The predicted molar refractivity (Wildman–Crippen MR) is 122 cm³/mol. The SMILES string of the molecule is CC[C@@H]1CCCCN1C(=O)Cc1c(C)nn(-c2nc(-c3ccc(C)cc3)cs2)c1C. The minimum atomic E-state index is 0.229. The van der Waals surface area contributed by atoms with E-state index in [4.69, 9.17) is 10.1 Å². The van der Waals surface area contributed by atoms with Crippen molar-refractivity contribution in [3.8, 4) is 16.4 Å². The lowest BCUT2D eigenvalue weighted by Gasteiger charge is -2.35. The number of rotatable bonds is 5. The van der Waals surface area contributed by atoms with E-state index in [0.717, 1.165) is 59.1 Å². The molecular weight excluding hydrogens is 392 g/mol. The van der Waals surface area contributed by atoms with Crippen LogP contribution in [0.15, 0.2) is 29.6 Å². The number of amides is 1. The molecule has 0 saturated carbocycles. The molecule has 1 amide bonds. The maximum Gasteiger partial charge on any atom is 0.227 e. The van der Waals surface area contributed by atoms with Crippen molar-refractivity contribution in [1.29, 1.82) is 0 Å². The van der Waals surface area contributed by atoms with Gasteiger partial charge in [-0.2, -0.15) is 5.10 Å². The van der Waals surface area contributed by atoms with Crippen molar-refractivity contribution in [3.05, 3.63) is 52.2 Å². The molecule has 4 rings (SSSR count). The van der Waals surface area contributed by atoms with Crippen LogP contribution >= 0.6 is 11.3 Å². The summed E-state index contributed by atoms with van der Waals surface area (Å²) in [6, 6.07) is 8.79. The molecule has 0 N–H and O–H groups in total. The van der Waals surface area contributed by atoms with E-state index in [1.54, 1.807) is 11.3 Å². The molecule has 1 saturated heterocycles. The third-order valence-electron chi connectivity index (χ3n) is 6.21. The Balaban J connectivity index is 1.57. The van der Waals surface area contributed by atoms with Gasteiger partial charge in [0.25, 0.3) is 0 Å². The van der Waals surface area contributed by atoms with Crippen molar-refractivity contribution < 1.29 is 4.79 Å². The zero-order valence-corrected chi connectivity index (χ0v) is 19.1. The summed E-state index contributed by atoms with van der Waals surface area (Å²) < 4.78 is 1.90. The number of aryl methyl sites for hydroxylation is 2. The van der Waals surface area contributed by atoms with E-state index < -0.39 is 0 Å². The number of likely N-dealkylation sites (tertiary alicyclic amines) is 1. The maximum atomic E-state index is 13.1. The Morgan fingerprint density at radius 3 is 2.67 bits per heavy atom. The number of hydrogen-bond donors (Lipinski definition) is 0. The Kier molecular flexibility index (Phi) is 6.04. The zero-order valence-electron chi connectivity index (χ0n) is 18.3. The highest BCUT2D eigenvalue weighted by Gasteiger charge is 2.27. The summed E-state index contributed by atoms with van der Waals surface area (Å²) in [7, 11) is 0. The molecule has 2 aromatic heterocycles. The lowest BCUT2D eigenvalue weighted by molar-refractivity contribution is -0.134. The molecule has 0 bridgehead atoms. The van der Waals surface area contributed by atoms with Crippen LogP contribution in [0.25, 0.3) is 16.4 Å². The second-order valence-corrected chi connectivity index (χ2v) is 9.10. The van der Waals surface area contributed by atoms with Gasteiger partial charge < -0.3 is 4.90 Å². The van der Waals surface area contributed by atoms with Crippen molar-refractivity contribution in [2.75, 3.05) is 6.54 Å². The van der Waals surface area contributed by atoms with Crippen LogP contribution in [0.4, 0.5) is 0 Å². The zero-order chi connectivity index (χ0) is 21.3. The molecule has 1 aliphatic rings. The Morgan fingerprint density at radius 2 is 1.93 bits per heavy atom. The molecule has 158 valence electrons. The second-order valence-electron chi connectivity index (χ2n) is 8.26. The van der Waals surface area contributed by atoms with Crippen LogP contribution in [-0.4, -0.2) is 38.2 Å². The minimum Gasteiger partial charge on any atom is -0.339 e. The number of carbonyl (C=O) groups excluding carboxylic acids is 1. The fourth-order valence-corrected chi connectivity index (χ4v) is 5.18. The number of piperidine rings is 1. The largest absolute Gasteiger partial charge is 0.339 e. The molecule has 3 heterocycles. The number of benzene rings is 1. The van der Waals surface area contributed by atoms with Gasteiger partial charge in [0.15, 0.2) is 0 Å². The summed E-state index contributed by atoms with van der Waals surface area (Å²) >= 11 is 1.58. The van der Waals surface area contributed by atoms with Crippen LogP contribution in [-0.2, 0) is 11.2 Å². The molecule has 1 aliphatic heterocycles. The second kappa shape index (κ2) is 8.72. The lowest BCUT2D eigenvalue weighted by atomic mass is 9.98. The first-order valence-corrected chi connectivity index (χ1v) is 11.7. The van der Waals surface area contributed by atoms with Crippen LogP contribution in [0.1, 0.15) is 55.1 Å². The van der Waals surface area contributed by atoms with Gasteiger partial charge in [0.2, 0.25) is 11.0 Å². The first kappa shape index (κ1) is 20.8. The number of thiazole rings is 1. The monoisotopic (exact) mass is 422 g/mol. The Labute approximate surface area is 182 Å². The van der Waals surface area contributed by atoms with Gasteiger partial charge >= 0.3 is 0 Å². The Bertz CT molecular complexity index is 1030. The normalized spacial score (nSPS) is 16.8. The van der Waals surface area contributed by atoms with Crippen LogP contribution in [0, 0.1) is 20.8 Å². The van der Waals surface area contributed by atoms with Gasteiger partial charge in [0, 0.05) is 34.8 Å². The Morgan fingerprint density at radius 1 is 1.17 bits per heavy atom. The summed E-state index contributed by atoms with van der Waals surface area (Å²) in [6.45, 7) is 9.19. The van der Waals surface area contributed by atoms with Crippen LogP contribution in [0.5, 0.6) is 0 Å². The molecule has 5 nitrogen and oxygen atoms in total. The highest BCUT2D eigenvalue weighted by Crippen LogP contribution is 2.27. The molecule has 3 aromatic rings. The highest BCUT2D eigenvalue weighted by molar-refractivity contribution is 7.12. The third kappa shape index (κ3) is 4.06. The number of nitrogens with zero attached hydrogens (tertiary/aromatic N) is 4. The van der Waals surface area contributed by atoms with Gasteiger partial charge in [-0.25, -0.2) is 9.67 Å². The minimum absolute atomic E-state index is 0.229. The van der Waals surface area contributed by atoms with Gasteiger partial charge in [-0.15, -0.1) is 11.3 Å².